The number of carbonyl (C=O) groups is 1. The van der Waals surface area contributed by atoms with Gasteiger partial charge in [-0.15, -0.1) is 0 Å². The number of rotatable bonds is 4. The summed E-state index contributed by atoms with van der Waals surface area (Å²) in [6.45, 7) is 3.59. The predicted molar refractivity (Wildman–Crippen MR) is 93.4 cm³/mol. The predicted octanol–water partition coefficient (Wildman–Crippen LogP) is 2.67. The summed E-state index contributed by atoms with van der Waals surface area (Å²) in [7, 11) is 0. The van der Waals surface area contributed by atoms with E-state index in [0.29, 0.717) is 11.8 Å². The molecule has 3 heterocycles. The third-order valence-electron chi connectivity index (χ3n) is 5.25. The largest absolute Gasteiger partial charge is 0.340 e. The van der Waals surface area contributed by atoms with Crippen LogP contribution in [0.3, 0.4) is 0 Å². The van der Waals surface area contributed by atoms with E-state index in [0.717, 1.165) is 39.0 Å². The van der Waals surface area contributed by atoms with Crippen LogP contribution in [0.25, 0.3) is 0 Å². The van der Waals surface area contributed by atoms with Crippen molar-refractivity contribution in [3.8, 4) is 0 Å². The molecule has 4 rings (SSSR count). The molecule has 0 aliphatic carbocycles. The van der Waals surface area contributed by atoms with Crippen LogP contribution < -0.4 is 0 Å². The molecule has 0 radical (unpaired) electrons. The molecule has 2 aromatic rings. The number of aromatic nitrogens is 1. The zero-order valence-corrected chi connectivity index (χ0v) is 13.8. The molecule has 0 bridgehead atoms. The van der Waals surface area contributed by atoms with Crippen LogP contribution in [0.4, 0.5) is 0 Å². The van der Waals surface area contributed by atoms with E-state index in [1.807, 2.05) is 23.4 Å². The molecule has 124 valence electrons. The van der Waals surface area contributed by atoms with Crippen LogP contribution in [0.5, 0.6) is 0 Å². The standard InChI is InChI=1S/C20H23N3O/c24-20(23-14-18(15-23)17-8-10-21-11-9-17)19-7-4-12-22(19)13-16-5-2-1-3-6-16/h1-3,5-6,8-11,18-19H,4,7,12-15H2. The van der Waals surface area contributed by atoms with Gasteiger partial charge in [0.05, 0.1) is 6.04 Å². The lowest BCUT2D eigenvalue weighted by atomic mass is 9.91. The molecule has 1 aromatic heterocycles. The number of likely N-dealkylation sites (tertiary alicyclic amines) is 2. The molecule has 4 heteroatoms. The van der Waals surface area contributed by atoms with Crippen molar-refractivity contribution in [2.75, 3.05) is 19.6 Å². The minimum absolute atomic E-state index is 0.0589. The first-order valence-corrected chi connectivity index (χ1v) is 8.78. The number of hydrogen-bond donors (Lipinski definition) is 0. The Bertz CT molecular complexity index is 683. The first kappa shape index (κ1) is 15.3. The Morgan fingerprint density at radius 3 is 2.58 bits per heavy atom. The molecule has 0 spiro atoms. The minimum Gasteiger partial charge on any atom is -0.340 e. The third-order valence-corrected chi connectivity index (χ3v) is 5.25. The van der Waals surface area contributed by atoms with E-state index in [1.165, 1.54) is 11.1 Å². The summed E-state index contributed by atoms with van der Waals surface area (Å²) in [5, 5.41) is 0. The fourth-order valence-corrected chi connectivity index (χ4v) is 3.83. The molecule has 2 fully saturated rings. The van der Waals surface area contributed by atoms with Crippen molar-refractivity contribution in [2.45, 2.75) is 31.3 Å². The highest BCUT2D eigenvalue weighted by molar-refractivity contribution is 5.83. The fourth-order valence-electron chi connectivity index (χ4n) is 3.83. The van der Waals surface area contributed by atoms with Gasteiger partial charge in [0.25, 0.3) is 0 Å². The smallest absolute Gasteiger partial charge is 0.239 e. The zero-order chi connectivity index (χ0) is 16.4. The summed E-state index contributed by atoms with van der Waals surface area (Å²) in [6, 6.07) is 14.6. The lowest BCUT2D eigenvalue weighted by molar-refractivity contribution is -0.140. The Balaban J connectivity index is 1.36. The lowest BCUT2D eigenvalue weighted by Crippen LogP contribution is -2.54. The van der Waals surface area contributed by atoms with Crippen LogP contribution in [0.1, 0.15) is 29.9 Å². The molecule has 4 nitrogen and oxygen atoms in total. The van der Waals surface area contributed by atoms with Crippen molar-refractivity contribution >= 4 is 5.91 Å². The number of amides is 1. The summed E-state index contributed by atoms with van der Waals surface area (Å²) in [5.41, 5.74) is 2.58. The quantitative estimate of drug-likeness (QED) is 0.869. The second kappa shape index (κ2) is 6.73. The maximum absolute atomic E-state index is 12.9. The van der Waals surface area contributed by atoms with Gasteiger partial charge in [0, 0.05) is 37.9 Å². The maximum Gasteiger partial charge on any atom is 0.239 e. The van der Waals surface area contributed by atoms with Crippen molar-refractivity contribution < 1.29 is 4.79 Å². The van der Waals surface area contributed by atoms with Crippen LogP contribution in [0.15, 0.2) is 54.9 Å². The van der Waals surface area contributed by atoms with Gasteiger partial charge >= 0.3 is 0 Å². The maximum atomic E-state index is 12.9. The highest BCUT2D eigenvalue weighted by atomic mass is 16.2. The molecule has 0 saturated carbocycles. The Morgan fingerprint density at radius 1 is 1.08 bits per heavy atom. The minimum atomic E-state index is 0.0589. The summed E-state index contributed by atoms with van der Waals surface area (Å²) in [6.07, 6.45) is 5.77. The van der Waals surface area contributed by atoms with Crippen molar-refractivity contribution in [1.29, 1.82) is 0 Å². The van der Waals surface area contributed by atoms with Gasteiger partial charge < -0.3 is 4.90 Å². The molecule has 0 N–H and O–H groups in total. The van der Waals surface area contributed by atoms with E-state index in [9.17, 15) is 4.79 Å². The summed E-state index contributed by atoms with van der Waals surface area (Å²) in [4.78, 5) is 21.3. The molecule has 1 unspecified atom stereocenters. The summed E-state index contributed by atoms with van der Waals surface area (Å²) >= 11 is 0. The SMILES string of the molecule is O=C(C1CCCN1Cc1ccccc1)N1CC(c2ccncc2)C1. The van der Waals surface area contributed by atoms with Crippen molar-refractivity contribution in [1.82, 2.24) is 14.8 Å². The molecule has 1 amide bonds. The van der Waals surface area contributed by atoms with Crippen LogP contribution in [-0.2, 0) is 11.3 Å². The molecule has 2 aliphatic rings. The molecular weight excluding hydrogens is 298 g/mol. The van der Waals surface area contributed by atoms with Crippen LogP contribution in [0, 0.1) is 0 Å². The topological polar surface area (TPSA) is 36.4 Å². The van der Waals surface area contributed by atoms with E-state index >= 15 is 0 Å². The first-order valence-electron chi connectivity index (χ1n) is 8.78. The second-order valence-electron chi connectivity index (χ2n) is 6.83. The van der Waals surface area contributed by atoms with Gasteiger partial charge in [0.1, 0.15) is 0 Å². The third kappa shape index (κ3) is 3.06. The van der Waals surface area contributed by atoms with Gasteiger partial charge in [0.2, 0.25) is 5.91 Å². The highest BCUT2D eigenvalue weighted by Gasteiger charge is 2.39. The molecule has 1 atom stereocenters. The van der Waals surface area contributed by atoms with E-state index in [4.69, 9.17) is 0 Å². The number of pyridine rings is 1. The second-order valence-corrected chi connectivity index (χ2v) is 6.83. The first-order chi connectivity index (χ1) is 11.8. The van der Waals surface area contributed by atoms with E-state index in [-0.39, 0.29) is 6.04 Å². The number of carbonyl (C=O) groups excluding carboxylic acids is 1. The van der Waals surface area contributed by atoms with Crippen molar-refractivity contribution in [3.05, 3.63) is 66.0 Å². The van der Waals surface area contributed by atoms with Gasteiger partial charge in [-0.05, 0) is 42.6 Å². The Morgan fingerprint density at radius 2 is 1.83 bits per heavy atom. The highest BCUT2D eigenvalue weighted by Crippen LogP contribution is 2.30. The summed E-state index contributed by atoms with van der Waals surface area (Å²) < 4.78 is 0. The summed E-state index contributed by atoms with van der Waals surface area (Å²) in [5.74, 6) is 0.787. The van der Waals surface area contributed by atoms with E-state index in [1.54, 1.807) is 0 Å². The molecular formula is C20H23N3O. The van der Waals surface area contributed by atoms with Gasteiger partial charge in [-0.2, -0.15) is 0 Å². The average Bonchev–Trinajstić information content (AvgIpc) is 3.03. The number of hydrogen-bond acceptors (Lipinski definition) is 3. The zero-order valence-electron chi connectivity index (χ0n) is 13.8. The van der Waals surface area contributed by atoms with Crippen molar-refractivity contribution in [3.63, 3.8) is 0 Å². The van der Waals surface area contributed by atoms with Crippen LogP contribution in [-0.4, -0.2) is 46.4 Å². The number of benzene rings is 1. The van der Waals surface area contributed by atoms with Gasteiger partial charge in [-0.1, -0.05) is 30.3 Å². The van der Waals surface area contributed by atoms with Crippen LogP contribution in [0.2, 0.25) is 0 Å². The van der Waals surface area contributed by atoms with Gasteiger partial charge in [-0.25, -0.2) is 0 Å². The van der Waals surface area contributed by atoms with Gasteiger partial charge in [-0.3, -0.25) is 14.7 Å². The van der Waals surface area contributed by atoms with Gasteiger partial charge in [0.15, 0.2) is 0 Å². The van der Waals surface area contributed by atoms with E-state index < -0.39 is 0 Å². The lowest BCUT2D eigenvalue weighted by Gasteiger charge is -2.42. The Hall–Kier alpha value is -2.20. The Kier molecular flexibility index (Phi) is 4.30. The fraction of sp³-hybridized carbons (Fsp3) is 0.400. The Labute approximate surface area is 143 Å². The molecule has 2 saturated heterocycles. The normalized spacial score (nSPS) is 21.7. The molecule has 2 aliphatic heterocycles. The molecule has 24 heavy (non-hydrogen) atoms. The number of nitrogens with zero attached hydrogens (tertiary/aromatic N) is 3. The average molecular weight is 321 g/mol. The van der Waals surface area contributed by atoms with Crippen molar-refractivity contribution in [2.24, 2.45) is 0 Å². The monoisotopic (exact) mass is 321 g/mol. The van der Waals surface area contributed by atoms with E-state index in [2.05, 4.69) is 46.3 Å². The van der Waals surface area contributed by atoms with Crippen LogP contribution >= 0.6 is 0 Å². The molecule has 1 aromatic carbocycles.